The minimum atomic E-state index is -3.79. The van der Waals surface area contributed by atoms with E-state index in [9.17, 15) is 13.2 Å². The Hall–Kier alpha value is -1.99. The Morgan fingerprint density at radius 2 is 1.73 bits per heavy atom. The number of aromatic nitrogens is 2. The van der Waals surface area contributed by atoms with E-state index >= 15 is 0 Å². The van der Waals surface area contributed by atoms with Crippen molar-refractivity contribution in [3.8, 4) is 0 Å². The molecule has 5 rings (SSSR count). The summed E-state index contributed by atoms with van der Waals surface area (Å²) in [5.74, 6) is -0.691. The van der Waals surface area contributed by atoms with Gasteiger partial charge in [0.1, 0.15) is 5.75 Å². The van der Waals surface area contributed by atoms with Crippen LogP contribution in [0.15, 0.2) is 17.2 Å². The number of rotatable bonds is 7. The van der Waals surface area contributed by atoms with Crippen LogP contribution in [0.1, 0.15) is 85.1 Å². The van der Waals surface area contributed by atoms with Crippen molar-refractivity contribution >= 4 is 15.6 Å². The predicted octanol–water partition coefficient (Wildman–Crippen LogP) is 3.79. The SMILES string of the molecule is CC(C)n1nc(S(=O)(=O)CC(=O)Cc2c3c(cc4c2CCC4)CCC3)cc1C1CCCN1C. The highest BCUT2D eigenvalue weighted by molar-refractivity contribution is 7.92. The summed E-state index contributed by atoms with van der Waals surface area (Å²) < 4.78 is 28.4. The van der Waals surface area contributed by atoms with Crippen molar-refractivity contribution in [2.75, 3.05) is 19.3 Å². The van der Waals surface area contributed by atoms with Crippen molar-refractivity contribution in [1.82, 2.24) is 14.7 Å². The van der Waals surface area contributed by atoms with Gasteiger partial charge in [-0.3, -0.25) is 14.4 Å². The van der Waals surface area contributed by atoms with Crippen LogP contribution < -0.4 is 0 Å². The van der Waals surface area contributed by atoms with Crippen LogP contribution in [0.25, 0.3) is 0 Å². The van der Waals surface area contributed by atoms with E-state index in [0.717, 1.165) is 69.2 Å². The largest absolute Gasteiger partial charge is 0.298 e. The van der Waals surface area contributed by atoms with Crippen LogP contribution in [0, 0.1) is 0 Å². The topological polar surface area (TPSA) is 72.3 Å². The summed E-state index contributed by atoms with van der Waals surface area (Å²) in [5, 5.41) is 4.53. The summed E-state index contributed by atoms with van der Waals surface area (Å²) >= 11 is 0. The molecule has 1 fully saturated rings. The molecule has 0 spiro atoms. The Balaban J connectivity index is 1.40. The number of hydrogen-bond donors (Lipinski definition) is 0. The molecule has 3 aliphatic rings. The van der Waals surface area contributed by atoms with Crippen LogP contribution in [0.3, 0.4) is 0 Å². The predicted molar refractivity (Wildman–Crippen MR) is 128 cm³/mol. The van der Waals surface area contributed by atoms with Crippen molar-refractivity contribution in [3.63, 3.8) is 0 Å². The molecule has 1 aromatic heterocycles. The zero-order chi connectivity index (χ0) is 23.3. The average Bonchev–Trinajstić information content (AvgIpc) is 3.52. The molecular formula is C26H35N3O3S. The summed E-state index contributed by atoms with van der Waals surface area (Å²) in [6, 6.07) is 4.29. The lowest BCUT2D eigenvalue weighted by molar-refractivity contribution is -0.116. The van der Waals surface area contributed by atoms with E-state index in [1.807, 2.05) is 18.5 Å². The first kappa shape index (κ1) is 22.8. The number of fused-ring (bicyclic) bond motifs is 2. The van der Waals surface area contributed by atoms with Crippen molar-refractivity contribution in [1.29, 1.82) is 0 Å². The molecule has 1 saturated heterocycles. The van der Waals surface area contributed by atoms with E-state index in [0.29, 0.717) is 0 Å². The van der Waals surface area contributed by atoms with Crippen LogP contribution in [0.4, 0.5) is 0 Å². The second kappa shape index (κ2) is 8.66. The second-order valence-corrected chi connectivity index (χ2v) is 12.3. The molecule has 0 amide bonds. The first-order valence-corrected chi connectivity index (χ1v) is 14.1. The van der Waals surface area contributed by atoms with Gasteiger partial charge >= 0.3 is 0 Å². The number of benzene rings is 1. The third-order valence-corrected chi connectivity index (χ3v) is 9.27. The van der Waals surface area contributed by atoms with E-state index in [1.165, 1.54) is 22.3 Å². The minimum absolute atomic E-state index is 0.0448. The van der Waals surface area contributed by atoms with Gasteiger partial charge in [-0.15, -0.1) is 0 Å². The second-order valence-electron chi connectivity index (χ2n) is 10.4. The van der Waals surface area contributed by atoms with E-state index in [2.05, 4.69) is 23.1 Å². The Labute approximate surface area is 197 Å². The van der Waals surface area contributed by atoms with E-state index in [1.54, 1.807) is 6.07 Å². The smallest absolute Gasteiger partial charge is 0.204 e. The molecular weight excluding hydrogens is 434 g/mol. The number of ketones is 1. The molecule has 1 aliphatic heterocycles. The number of aryl methyl sites for hydroxylation is 2. The van der Waals surface area contributed by atoms with Crippen molar-refractivity contribution < 1.29 is 13.2 Å². The third kappa shape index (κ3) is 4.18. The normalized spacial score (nSPS) is 20.5. The van der Waals surface area contributed by atoms with Gasteiger partial charge in [0.2, 0.25) is 9.84 Å². The summed E-state index contributed by atoms with van der Waals surface area (Å²) in [6.45, 7) is 5.04. The molecule has 0 bridgehead atoms. The Kier molecular flexibility index (Phi) is 5.98. The summed E-state index contributed by atoms with van der Waals surface area (Å²) in [6.07, 6.45) is 8.75. The highest BCUT2D eigenvalue weighted by Crippen LogP contribution is 2.36. The van der Waals surface area contributed by atoms with Crippen LogP contribution in [0.5, 0.6) is 0 Å². The molecule has 1 unspecified atom stereocenters. The zero-order valence-corrected chi connectivity index (χ0v) is 20.9. The molecule has 1 aromatic carbocycles. The maximum absolute atomic E-state index is 13.3. The quantitative estimate of drug-likeness (QED) is 0.617. The zero-order valence-electron chi connectivity index (χ0n) is 20.1. The molecule has 0 saturated carbocycles. The molecule has 6 nitrogen and oxygen atoms in total. The van der Waals surface area contributed by atoms with E-state index < -0.39 is 15.6 Å². The first-order valence-electron chi connectivity index (χ1n) is 12.4. The van der Waals surface area contributed by atoms with E-state index in [-0.39, 0.29) is 29.3 Å². The Morgan fingerprint density at radius 1 is 1.06 bits per heavy atom. The summed E-state index contributed by atoms with van der Waals surface area (Å²) in [7, 11) is -1.72. The van der Waals surface area contributed by atoms with Gasteiger partial charge in [0, 0.05) is 18.5 Å². The number of likely N-dealkylation sites (tertiary alicyclic amines) is 1. The summed E-state index contributed by atoms with van der Waals surface area (Å²) in [5.41, 5.74) is 7.46. The summed E-state index contributed by atoms with van der Waals surface area (Å²) in [4.78, 5) is 15.4. The molecule has 0 radical (unpaired) electrons. The molecule has 2 aliphatic carbocycles. The lowest BCUT2D eigenvalue weighted by atomic mass is 9.91. The first-order chi connectivity index (χ1) is 15.7. The molecule has 2 heterocycles. The van der Waals surface area contributed by atoms with Gasteiger partial charge in [-0.25, -0.2) is 8.42 Å². The van der Waals surface area contributed by atoms with Crippen LogP contribution in [-0.4, -0.2) is 48.2 Å². The fourth-order valence-corrected chi connectivity index (χ4v) is 7.35. The fraction of sp³-hybridized carbons (Fsp3) is 0.615. The van der Waals surface area contributed by atoms with Crippen molar-refractivity contribution in [2.45, 2.75) is 88.7 Å². The van der Waals surface area contributed by atoms with Crippen molar-refractivity contribution in [2.24, 2.45) is 0 Å². The van der Waals surface area contributed by atoms with Gasteiger partial charge in [0.05, 0.1) is 11.7 Å². The maximum atomic E-state index is 13.3. The standard InChI is InChI=1S/C26H35N3O3S/c1-17(2)29-25(24-11-6-12-28(24)3)15-26(27-29)33(31,32)16-20(30)14-23-21-9-4-7-18(21)13-19-8-5-10-22(19)23/h13,15,17,24H,4-12,14,16H2,1-3H3. The van der Waals surface area contributed by atoms with Crippen molar-refractivity contribution in [3.05, 3.63) is 45.6 Å². The van der Waals surface area contributed by atoms with Crippen LogP contribution in [0.2, 0.25) is 0 Å². The minimum Gasteiger partial charge on any atom is -0.298 e. The monoisotopic (exact) mass is 469 g/mol. The van der Waals surface area contributed by atoms with Crippen LogP contribution in [-0.2, 0) is 46.7 Å². The Morgan fingerprint density at radius 3 is 2.30 bits per heavy atom. The fourth-order valence-electron chi connectivity index (χ4n) is 6.17. The highest BCUT2D eigenvalue weighted by Gasteiger charge is 2.32. The van der Waals surface area contributed by atoms with Gasteiger partial charge in [-0.2, -0.15) is 5.10 Å². The van der Waals surface area contributed by atoms with E-state index in [4.69, 9.17) is 0 Å². The van der Waals surface area contributed by atoms with Gasteiger partial charge in [0.25, 0.3) is 0 Å². The van der Waals surface area contributed by atoms with Gasteiger partial charge < -0.3 is 0 Å². The lowest BCUT2D eigenvalue weighted by Gasteiger charge is -2.21. The highest BCUT2D eigenvalue weighted by atomic mass is 32.2. The van der Waals surface area contributed by atoms with Gasteiger partial charge in [-0.1, -0.05) is 6.07 Å². The average molecular weight is 470 g/mol. The third-order valence-electron chi connectivity index (χ3n) is 7.73. The molecule has 2 aromatic rings. The number of Topliss-reactive ketones (excluding diaryl/α,β-unsaturated/α-hetero) is 1. The number of sulfone groups is 1. The molecule has 33 heavy (non-hydrogen) atoms. The number of hydrogen-bond acceptors (Lipinski definition) is 5. The number of carbonyl (C=O) groups is 1. The molecule has 178 valence electrons. The van der Waals surface area contributed by atoms with Crippen LogP contribution >= 0.6 is 0 Å². The number of nitrogens with zero attached hydrogens (tertiary/aromatic N) is 3. The molecule has 7 heteroatoms. The van der Waals surface area contributed by atoms with Gasteiger partial charge in [-0.05, 0) is 107 Å². The lowest BCUT2D eigenvalue weighted by Crippen LogP contribution is -2.21. The number of carbonyl (C=O) groups excluding carboxylic acids is 1. The Bertz CT molecular complexity index is 1160. The molecule has 0 N–H and O–H groups in total. The maximum Gasteiger partial charge on any atom is 0.204 e. The molecule has 1 atom stereocenters. The van der Waals surface area contributed by atoms with Gasteiger partial charge in [0.15, 0.2) is 10.8 Å².